The van der Waals surface area contributed by atoms with Crippen LogP contribution in [-0.4, -0.2) is 35.5 Å². The fourth-order valence-electron chi connectivity index (χ4n) is 3.22. The number of ether oxygens (including phenoxy) is 1. The number of carbonyl (C=O) groups is 1. The number of benzene rings is 2. The lowest BCUT2D eigenvalue weighted by atomic mass is 9.95. The van der Waals surface area contributed by atoms with E-state index in [4.69, 9.17) is 9.15 Å². The van der Waals surface area contributed by atoms with Crippen molar-refractivity contribution < 1.29 is 28.3 Å². The van der Waals surface area contributed by atoms with Crippen LogP contribution in [0.15, 0.2) is 58.1 Å². The summed E-state index contributed by atoms with van der Waals surface area (Å²) < 4.78 is 24.6. The minimum Gasteiger partial charge on any atom is -0.493 e. The Morgan fingerprint density at radius 2 is 1.88 bits per heavy atom. The first kappa shape index (κ1) is 23.0. The van der Waals surface area contributed by atoms with Crippen molar-refractivity contribution in [3.63, 3.8) is 0 Å². The van der Waals surface area contributed by atoms with Gasteiger partial charge in [-0.05, 0) is 62.2 Å². The van der Waals surface area contributed by atoms with E-state index in [-0.39, 0.29) is 5.82 Å². The number of halogens is 1. The van der Waals surface area contributed by atoms with Crippen molar-refractivity contribution >= 4 is 11.7 Å². The SMILES string of the molecule is CO/N=C(\C)C(Cc1ccc(OCCc2nc(-c3ccc(F)cc3)oc2C)cc1)C(=O)O. The number of carboxylic acids is 1. The van der Waals surface area contributed by atoms with Gasteiger partial charge in [0, 0.05) is 12.0 Å². The van der Waals surface area contributed by atoms with Gasteiger partial charge >= 0.3 is 5.97 Å². The Bertz CT molecular complexity index is 1070. The van der Waals surface area contributed by atoms with Crippen LogP contribution in [0.1, 0.15) is 23.9 Å². The van der Waals surface area contributed by atoms with Crippen molar-refractivity contribution in [3.8, 4) is 17.2 Å². The van der Waals surface area contributed by atoms with E-state index < -0.39 is 11.9 Å². The quantitative estimate of drug-likeness (QED) is 0.364. The van der Waals surface area contributed by atoms with E-state index in [2.05, 4.69) is 15.0 Å². The minimum atomic E-state index is -0.952. The van der Waals surface area contributed by atoms with Gasteiger partial charge in [-0.15, -0.1) is 0 Å². The van der Waals surface area contributed by atoms with E-state index in [9.17, 15) is 14.3 Å². The summed E-state index contributed by atoms with van der Waals surface area (Å²) in [4.78, 5) is 20.7. The molecule has 8 heteroatoms. The molecule has 1 heterocycles. The number of hydrogen-bond acceptors (Lipinski definition) is 6. The lowest BCUT2D eigenvalue weighted by molar-refractivity contribution is -0.139. The molecule has 1 N–H and O–H groups in total. The van der Waals surface area contributed by atoms with Crippen LogP contribution in [0, 0.1) is 18.7 Å². The number of aliphatic carboxylic acids is 1. The van der Waals surface area contributed by atoms with Gasteiger partial charge in [-0.25, -0.2) is 9.37 Å². The average molecular weight is 440 g/mol. The summed E-state index contributed by atoms with van der Waals surface area (Å²) >= 11 is 0. The van der Waals surface area contributed by atoms with E-state index in [1.165, 1.54) is 19.2 Å². The number of nitrogens with zero attached hydrogens (tertiary/aromatic N) is 2. The third-order valence-electron chi connectivity index (χ3n) is 4.99. The van der Waals surface area contributed by atoms with Crippen LogP contribution in [0.2, 0.25) is 0 Å². The van der Waals surface area contributed by atoms with Gasteiger partial charge in [0.25, 0.3) is 0 Å². The van der Waals surface area contributed by atoms with Gasteiger partial charge in [0.15, 0.2) is 0 Å². The summed E-state index contributed by atoms with van der Waals surface area (Å²) in [5.74, 6) is -0.215. The zero-order chi connectivity index (χ0) is 23.1. The molecule has 168 valence electrons. The smallest absolute Gasteiger partial charge is 0.312 e. The van der Waals surface area contributed by atoms with Crippen molar-refractivity contribution in [3.05, 3.63) is 71.4 Å². The molecule has 0 radical (unpaired) electrons. The van der Waals surface area contributed by atoms with Crippen molar-refractivity contribution in [2.75, 3.05) is 13.7 Å². The van der Waals surface area contributed by atoms with Crippen molar-refractivity contribution in [1.82, 2.24) is 4.98 Å². The van der Waals surface area contributed by atoms with Crippen LogP contribution in [0.4, 0.5) is 4.39 Å². The standard InChI is InChI=1S/C24H25FN2O5/c1-15(27-30-3)21(24(28)29)14-17-4-10-20(11-5-17)31-13-12-22-16(2)32-23(26-22)18-6-8-19(25)9-7-18/h4-11,21H,12-14H2,1-3H3,(H,28,29)/b27-15+. The fraction of sp³-hybridized carbons (Fsp3) is 0.292. The fourth-order valence-corrected chi connectivity index (χ4v) is 3.22. The highest BCUT2D eigenvalue weighted by atomic mass is 19.1. The molecule has 32 heavy (non-hydrogen) atoms. The monoisotopic (exact) mass is 440 g/mol. The lowest BCUT2D eigenvalue weighted by Gasteiger charge is -2.12. The van der Waals surface area contributed by atoms with Gasteiger partial charge in [-0.1, -0.05) is 17.3 Å². The molecule has 1 atom stereocenters. The normalized spacial score (nSPS) is 12.4. The maximum Gasteiger partial charge on any atom is 0.312 e. The number of hydrogen-bond donors (Lipinski definition) is 1. The van der Waals surface area contributed by atoms with Gasteiger partial charge in [-0.2, -0.15) is 0 Å². The third kappa shape index (κ3) is 5.94. The Kier molecular flexibility index (Phi) is 7.59. The molecule has 3 rings (SSSR count). The molecule has 0 saturated heterocycles. The highest BCUT2D eigenvalue weighted by molar-refractivity contribution is 6.00. The molecule has 0 aliphatic heterocycles. The lowest BCUT2D eigenvalue weighted by Crippen LogP contribution is -2.24. The molecule has 0 spiro atoms. The predicted molar refractivity (Wildman–Crippen MR) is 117 cm³/mol. The summed E-state index contributed by atoms with van der Waals surface area (Å²) in [6.07, 6.45) is 0.852. The van der Waals surface area contributed by atoms with E-state index in [0.29, 0.717) is 48.1 Å². The average Bonchev–Trinajstić information content (AvgIpc) is 3.14. The van der Waals surface area contributed by atoms with Crippen LogP contribution >= 0.6 is 0 Å². The molecule has 0 amide bonds. The summed E-state index contributed by atoms with van der Waals surface area (Å²) in [7, 11) is 1.39. The highest BCUT2D eigenvalue weighted by Gasteiger charge is 2.22. The van der Waals surface area contributed by atoms with Crippen molar-refractivity contribution in [2.24, 2.45) is 11.1 Å². The third-order valence-corrected chi connectivity index (χ3v) is 4.99. The van der Waals surface area contributed by atoms with Gasteiger partial charge in [0.05, 0.1) is 18.0 Å². The van der Waals surface area contributed by atoms with Gasteiger partial charge in [-0.3, -0.25) is 4.79 Å². The zero-order valence-electron chi connectivity index (χ0n) is 18.2. The largest absolute Gasteiger partial charge is 0.493 e. The van der Waals surface area contributed by atoms with Gasteiger partial charge < -0.3 is 19.1 Å². The van der Waals surface area contributed by atoms with Crippen LogP contribution in [0.5, 0.6) is 5.75 Å². The molecule has 0 fully saturated rings. The van der Waals surface area contributed by atoms with Crippen LogP contribution in [0.3, 0.4) is 0 Å². The summed E-state index contributed by atoms with van der Waals surface area (Å²) in [6, 6.07) is 13.3. The molecular weight excluding hydrogens is 415 g/mol. The second-order valence-corrected chi connectivity index (χ2v) is 7.28. The Balaban J connectivity index is 1.56. The summed E-state index contributed by atoms with van der Waals surface area (Å²) in [5.41, 5.74) is 2.75. The molecule has 1 aromatic heterocycles. The molecule has 7 nitrogen and oxygen atoms in total. The number of oxazole rings is 1. The van der Waals surface area contributed by atoms with Gasteiger partial charge in [0.2, 0.25) is 5.89 Å². The molecule has 3 aromatic rings. The van der Waals surface area contributed by atoms with E-state index in [1.54, 1.807) is 31.2 Å². The summed E-state index contributed by atoms with van der Waals surface area (Å²) in [5, 5.41) is 13.2. The second-order valence-electron chi connectivity index (χ2n) is 7.28. The first-order valence-electron chi connectivity index (χ1n) is 10.1. The number of aromatic nitrogens is 1. The minimum absolute atomic E-state index is 0.304. The van der Waals surface area contributed by atoms with Crippen LogP contribution in [0.25, 0.3) is 11.5 Å². The molecule has 0 aliphatic rings. The van der Waals surface area contributed by atoms with Gasteiger partial charge in [0.1, 0.15) is 30.4 Å². The molecule has 0 bridgehead atoms. The van der Waals surface area contributed by atoms with Crippen molar-refractivity contribution in [1.29, 1.82) is 0 Å². The Labute approximate surface area is 185 Å². The Morgan fingerprint density at radius 1 is 1.19 bits per heavy atom. The Hall–Kier alpha value is -3.68. The molecule has 2 aromatic carbocycles. The molecular formula is C24H25FN2O5. The number of oxime groups is 1. The molecule has 1 unspecified atom stereocenters. The Morgan fingerprint density at radius 3 is 2.50 bits per heavy atom. The highest BCUT2D eigenvalue weighted by Crippen LogP contribution is 2.23. The maximum absolute atomic E-state index is 13.1. The first-order valence-corrected chi connectivity index (χ1v) is 10.1. The van der Waals surface area contributed by atoms with E-state index in [1.807, 2.05) is 19.1 Å². The topological polar surface area (TPSA) is 94.2 Å². The zero-order valence-corrected chi connectivity index (χ0v) is 18.2. The maximum atomic E-state index is 13.1. The second kappa shape index (κ2) is 10.6. The number of rotatable bonds is 10. The number of aryl methyl sites for hydroxylation is 1. The number of carboxylic acid groups (broad SMARTS) is 1. The van der Waals surface area contributed by atoms with Crippen LogP contribution in [-0.2, 0) is 22.5 Å². The molecule has 0 saturated carbocycles. The van der Waals surface area contributed by atoms with E-state index in [0.717, 1.165) is 11.3 Å². The van der Waals surface area contributed by atoms with Crippen LogP contribution < -0.4 is 4.74 Å². The summed E-state index contributed by atoms with van der Waals surface area (Å²) in [6.45, 7) is 3.86. The first-order chi connectivity index (χ1) is 15.4. The van der Waals surface area contributed by atoms with E-state index >= 15 is 0 Å². The molecule has 0 aliphatic carbocycles. The van der Waals surface area contributed by atoms with Crippen molar-refractivity contribution in [2.45, 2.75) is 26.7 Å². The predicted octanol–water partition coefficient (Wildman–Crippen LogP) is 4.68.